The van der Waals surface area contributed by atoms with Gasteiger partial charge in [-0.25, -0.2) is 4.98 Å². The highest BCUT2D eigenvalue weighted by molar-refractivity contribution is 9.10. The molecule has 2 fully saturated rings. The minimum absolute atomic E-state index is 0.0848. The highest BCUT2D eigenvalue weighted by Gasteiger charge is 2.39. The molecule has 2 aliphatic rings. The van der Waals surface area contributed by atoms with Crippen LogP contribution in [0, 0.1) is 10.1 Å². The third-order valence-corrected chi connectivity index (χ3v) is 9.92. The number of benzene rings is 1. The Morgan fingerprint density at radius 2 is 1.69 bits per heavy atom. The molecule has 0 radical (unpaired) electrons. The topological polar surface area (TPSA) is 107 Å². The number of hydrogen-bond acceptors (Lipinski definition) is 9. The molecule has 0 aliphatic heterocycles. The number of rotatable bonds is 15. The highest BCUT2D eigenvalue weighted by Crippen LogP contribution is 2.43. The molecule has 0 N–H and O–H groups in total. The van der Waals surface area contributed by atoms with Crippen molar-refractivity contribution in [2.45, 2.75) is 89.3 Å². The number of carbonyl (C=O) groups is 1. The number of esters is 1. The Morgan fingerprint density at radius 1 is 1.05 bits per heavy atom. The van der Waals surface area contributed by atoms with Gasteiger partial charge in [-0.05, 0) is 85.6 Å². The average Bonchev–Trinajstić information content (AvgIpc) is 3.77. The second-order valence-electron chi connectivity index (χ2n) is 12.2. The predicted molar refractivity (Wildman–Crippen MR) is 170 cm³/mol. The van der Waals surface area contributed by atoms with Crippen molar-refractivity contribution in [2.75, 3.05) is 36.4 Å². The van der Waals surface area contributed by atoms with Gasteiger partial charge in [0, 0.05) is 38.9 Å². The number of para-hydroxylation sites is 2. The lowest BCUT2D eigenvalue weighted by molar-refractivity contribution is -0.384. The van der Waals surface area contributed by atoms with Gasteiger partial charge in [0.15, 0.2) is 6.79 Å². The summed E-state index contributed by atoms with van der Waals surface area (Å²) in [6.45, 7) is 9.85. The second kappa shape index (κ2) is 14.7. The van der Waals surface area contributed by atoms with Crippen LogP contribution in [0.3, 0.4) is 0 Å². The lowest BCUT2D eigenvalue weighted by Crippen LogP contribution is -2.47. The predicted octanol–water partition coefficient (Wildman–Crippen LogP) is 6.79. The van der Waals surface area contributed by atoms with E-state index in [0.717, 1.165) is 56.0 Å². The van der Waals surface area contributed by atoms with Gasteiger partial charge in [0.1, 0.15) is 16.9 Å². The summed E-state index contributed by atoms with van der Waals surface area (Å²) >= 11 is 3.35. The molecule has 0 spiro atoms. The van der Waals surface area contributed by atoms with E-state index in [-0.39, 0.29) is 37.5 Å². The van der Waals surface area contributed by atoms with Crippen LogP contribution in [-0.2, 0) is 14.3 Å². The molecular formula is C30H43BrN4O6Si. The largest absolute Gasteiger partial charge is 0.465 e. The highest BCUT2D eigenvalue weighted by atomic mass is 79.9. The van der Waals surface area contributed by atoms with Crippen molar-refractivity contribution < 1.29 is 23.9 Å². The van der Waals surface area contributed by atoms with Gasteiger partial charge in [0.2, 0.25) is 5.82 Å². The zero-order valence-electron chi connectivity index (χ0n) is 25.1. The lowest BCUT2D eigenvalue weighted by atomic mass is 9.88. The Bertz CT molecular complexity index is 1220. The van der Waals surface area contributed by atoms with E-state index in [2.05, 4.69) is 57.6 Å². The van der Waals surface area contributed by atoms with Gasteiger partial charge in [-0.15, -0.1) is 0 Å². The fourth-order valence-corrected chi connectivity index (χ4v) is 6.58. The first-order chi connectivity index (χ1) is 20.1. The molecule has 10 nitrogen and oxygen atoms in total. The van der Waals surface area contributed by atoms with Crippen LogP contribution in [-0.4, -0.2) is 68.6 Å². The van der Waals surface area contributed by atoms with Gasteiger partial charge in [-0.1, -0.05) is 31.8 Å². The van der Waals surface area contributed by atoms with Gasteiger partial charge in [-0.3, -0.25) is 14.9 Å². The van der Waals surface area contributed by atoms with Crippen molar-refractivity contribution in [1.82, 2.24) is 4.98 Å². The SMILES string of the molecule is CCOC(=O)CN(c1nc(Br)ccc1[N+](=O)[O-])[C@H]1CC[C@H](N(c2ccccc2OCOCC[Si](C)(C)C)C2CC2)CC1. The number of hydrogen-bond donors (Lipinski definition) is 0. The van der Waals surface area contributed by atoms with E-state index < -0.39 is 19.0 Å². The number of anilines is 2. The van der Waals surface area contributed by atoms with Crippen LogP contribution in [0.4, 0.5) is 17.2 Å². The van der Waals surface area contributed by atoms with Gasteiger partial charge in [0.05, 0.1) is 17.2 Å². The van der Waals surface area contributed by atoms with E-state index in [1.807, 2.05) is 12.1 Å². The van der Waals surface area contributed by atoms with E-state index in [9.17, 15) is 14.9 Å². The molecule has 0 bridgehead atoms. The molecule has 0 unspecified atom stereocenters. The standard InChI is InChI=1S/C30H43BrN4O6Si/c1-5-40-29(36)20-33(30-26(35(37)38)16-17-28(31)32-30)22-10-12-23(13-11-22)34(24-14-15-24)25-8-6-7-9-27(25)41-21-39-18-19-42(2,3)4/h6-9,16-17,22-24H,5,10-15,18-21H2,1-4H3/t22-,23-. The Kier molecular flexibility index (Phi) is 11.2. The summed E-state index contributed by atoms with van der Waals surface area (Å²) in [5, 5.41) is 11.9. The van der Waals surface area contributed by atoms with E-state index in [1.54, 1.807) is 17.9 Å². The van der Waals surface area contributed by atoms with E-state index in [4.69, 9.17) is 14.2 Å². The quantitative estimate of drug-likeness (QED) is 0.0387. The Labute approximate surface area is 258 Å². The van der Waals surface area contributed by atoms with Crippen molar-refractivity contribution in [3.05, 3.63) is 51.1 Å². The van der Waals surface area contributed by atoms with Crippen LogP contribution < -0.4 is 14.5 Å². The zero-order chi connectivity index (χ0) is 30.3. The molecule has 1 aromatic carbocycles. The van der Waals surface area contributed by atoms with Crippen molar-refractivity contribution >= 4 is 47.2 Å². The maximum atomic E-state index is 12.6. The first-order valence-electron chi connectivity index (χ1n) is 14.9. The summed E-state index contributed by atoms with van der Waals surface area (Å²) in [5.74, 6) is 0.601. The summed E-state index contributed by atoms with van der Waals surface area (Å²) in [4.78, 5) is 32.8. The fourth-order valence-electron chi connectivity index (χ4n) is 5.52. The molecular weight excluding hydrogens is 620 g/mol. The smallest absolute Gasteiger partial charge is 0.325 e. The Hall–Kier alpha value is -2.70. The minimum Gasteiger partial charge on any atom is -0.465 e. The number of nitrogens with zero attached hydrogens (tertiary/aromatic N) is 4. The molecule has 2 aliphatic carbocycles. The number of aromatic nitrogens is 1. The van der Waals surface area contributed by atoms with Crippen molar-refractivity contribution in [3.63, 3.8) is 0 Å². The monoisotopic (exact) mass is 662 g/mol. The second-order valence-corrected chi connectivity index (χ2v) is 18.7. The Morgan fingerprint density at radius 3 is 2.31 bits per heavy atom. The number of halogens is 1. The molecule has 12 heteroatoms. The molecule has 230 valence electrons. The maximum Gasteiger partial charge on any atom is 0.325 e. The maximum absolute atomic E-state index is 12.6. The van der Waals surface area contributed by atoms with Gasteiger partial charge >= 0.3 is 11.7 Å². The molecule has 0 atom stereocenters. The van der Waals surface area contributed by atoms with Crippen LogP contribution in [0.5, 0.6) is 5.75 Å². The molecule has 0 saturated heterocycles. The lowest BCUT2D eigenvalue weighted by Gasteiger charge is -2.42. The van der Waals surface area contributed by atoms with Gasteiger partial charge < -0.3 is 24.0 Å². The zero-order valence-corrected chi connectivity index (χ0v) is 27.7. The number of ether oxygens (including phenoxy) is 3. The average molecular weight is 664 g/mol. The third-order valence-electron chi connectivity index (χ3n) is 7.77. The molecule has 1 aromatic heterocycles. The molecule has 1 heterocycles. The molecule has 42 heavy (non-hydrogen) atoms. The van der Waals surface area contributed by atoms with Crippen LogP contribution in [0.15, 0.2) is 41.0 Å². The van der Waals surface area contributed by atoms with Gasteiger partial charge in [0.25, 0.3) is 0 Å². The minimum atomic E-state index is -1.16. The summed E-state index contributed by atoms with van der Waals surface area (Å²) in [6, 6.07) is 12.9. The molecule has 4 rings (SSSR count). The van der Waals surface area contributed by atoms with Crippen molar-refractivity contribution in [2.24, 2.45) is 0 Å². The first kappa shape index (κ1) is 32.2. The van der Waals surface area contributed by atoms with E-state index >= 15 is 0 Å². The summed E-state index contributed by atoms with van der Waals surface area (Å²) in [6.07, 6.45) is 5.57. The van der Waals surface area contributed by atoms with Crippen LogP contribution in [0.1, 0.15) is 45.4 Å². The normalized spacial score (nSPS) is 18.8. The van der Waals surface area contributed by atoms with Gasteiger partial charge in [-0.2, -0.15) is 0 Å². The summed E-state index contributed by atoms with van der Waals surface area (Å²) < 4.78 is 17.7. The summed E-state index contributed by atoms with van der Waals surface area (Å²) in [7, 11) is -1.16. The number of pyridine rings is 1. The van der Waals surface area contributed by atoms with Crippen molar-refractivity contribution in [3.8, 4) is 5.75 Å². The Balaban J connectivity index is 1.48. The number of nitro groups is 1. The van der Waals surface area contributed by atoms with Crippen LogP contribution >= 0.6 is 15.9 Å². The first-order valence-corrected chi connectivity index (χ1v) is 19.4. The van der Waals surface area contributed by atoms with E-state index in [0.29, 0.717) is 23.3 Å². The van der Waals surface area contributed by atoms with Crippen molar-refractivity contribution in [1.29, 1.82) is 0 Å². The molecule has 2 aromatic rings. The van der Waals surface area contributed by atoms with E-state index in [1.165, 1.54) is 6.07 Å². The molecule has 0 amide bonds. The third kappa shape index (κ3) is 8.90. The van der Waals surface area contributed by atoms with Crippen LogP contribution in [0.25, 0.3) is 0 Å². The summed E-state index contributed by atoms with van der Waals surface area (Å²) in [5.41, 5.74) is 0.965. The molecule has 2 saturated carbocycles. The van der Waals surface area contributed by atoms with Crippen LogP contribution in [0.2, 0.25) is 25.7 Å². The fraction of sp³-hybridized carbons (Fsp3) is 0.600. The number of carbonyl (C=O) groups excluding carboxylic acids is 1.